The average molecular weight is 299 g/mol. The van der Waals surface area contributed by atoms with E-state index in [1.807, 2.05) is 22.4 Å². The van der Waals surface area contributed by atoms with Crippen molar-refractivity contribution >= 4 is 28.6 Å². The molecule has 0 N–H and O–H groups in total. The van der Waals surface area contributed by atoms with E-state index in [4.69, 9.17) is 0 Å². The average Bonchev–Trinajstić information content (AvgIpc) is 3.16. The molecule has 1 aliphatic heterocycles. The van der Waals surface area contributed by atoms with Gasteiger partial charge < -0.3 is 9.80 Å². The highest BCUT2D eigenvalue weighted by Gasteiger charge is 2.31. The summed E-state index contributed by atoms with van der Waals surface area (Å²) in [6.45, 7) is 2.76. The molecular formula is C16H17N3OS. The van der Waals surface area contributed by atoms with Crippen LogP contribution in [0.5, 0.6) is 0 Å². The molecule has 0 saturated heterocycles. The maximum atomic E-state index is 12.6. The quantitative estimate of drug-likeness (QED) is 0.874. The van der Waals surface area contributed by atoms with Crippen LogP contribution < -0.4 is 9.80 Å². The molecule has 0 bridgehead atoms. The van der Waals surface area contributed by atoms with Crippen LogP contribution >= 0.6 is 11.3 Å². The van der Waals surface area contributed by atoms with Gasteiger partial charge in [0, 0.05) is 25.0 Å². The third kappa shape index (κ3) is 2.42. The number of hydrogen-bond acceptors (Lipinski definition) is 4. The lowest BCUT2D eigenvalue weighted by atomic mass is 10.1. The second-order valence-electron chi connectivity index (χ2n) is 5.71. The van der Waals surface area contributed by atoms with Crippen LogP contribution in [0.25, 0.3) is 0 Å². The summed E-state index contributed by atoms with van der Waals surface area (Å²) in [6.07, 6.45) is 2.69. The summed E-state index contributed by atoms with van der Waals surface area (Å²) in [5.74, 6) is 0.855. The number of hydrogen-bond donors (Lipinski definition) is 0. The molecule has 2 aromatic rings. The smallest absolute Gasteiger partial charge is 0.277 e. The van der Waals surface area contributed by atoms with E-state index in [9.17, 15) is 4.79 Å². The molecule has 0 spiro atoms. The van der Waals surface area contributed by atoms with E-state index < -0.39 is 0 Å². The fraction of sp³-hybridized carbons (Fsp3) is 0.375. The normalized spacial score (nSPS) is 17.7. The molecule has 4 nitrogen and oxygen atoms in total. The standard InChI is InChI=1S/C16H17N3OS/c20-16(13-10-21-11-17-13)19-8-7-18(9-12-5-6-12)14-3-1-2-4-15(14)19/h1-4,10-12H,5-9H2. The summed E-state index contributed by atoms with van der Waals surface area (Å²) in [7, 11) is 0. The number of carbonyl (C=O) groups excluding carboxylic acids is 1. The van der Waals surface area contributed by atoms with E-state index in [1.54, 1.807) is 5.51 Å². The third-order valence-electron chi connectivity index (χ3n) is 4.18. The number of anilines is 2. The zero-order chi connectivity index (χ0) is 14.2. The van der Waals surface area contributed by atoms with E-state index in [1.165, 1.54) is 29.9 Å². The van der Waals surface area contributed by atoms with Crippen LogP contribution in [0.1, 0.15) is 23.3 Å². The molecule has 1 aromatic heterocycles. The van der Waals surface area contributed by atoms with Gasteiger partial charge in [-0.05, 0) is 30.9 Å². The Labute approximate surface area is 128 Å². The van der Waals surface area contributed by atoms with Gasteiger partial charge in [-0.3, -0.25) is 4.79 Å². The molecule has 1 saturated carbocycles. The lowest BCUT2D eigenvalue weighted by Gasteiger charge is -2.37. The second kappa shape index (κ2) is 5.15. The van der Waals surface area contributed by atoms with Crippen LogP contribution in [0.4, 0.5) is 11.4 Å². The molecular weight excluding hydrogens is 282 g/mol. The van der Waals surface area contributed by atoms with E-state index >= 15 is 0 Å². The molecule has 1 aliphatic carbocycles. The Morgan fingerprint density at radius 1 is 1.24 bits per heavy atom. The Bertz CT molecular complexity index is 651. The summed E-state index contributed by atoms with van der Waals surface area (Å²) in [5, 5.41) is 1.82. The van der Waals surface area contributed by atoms with Gasteiger partial charge in [-0.15, -0.1) is 11.3 Å². The summed E-state index contributed by atoms with van der Waals surface area (Å²) < 4.78 is 0. The van der Waals surface area contributed by atoms with Crippen LogP contribution in [0.2, 0.25) is 0 Å². The predicted octanol–water partition coefficient (Wildman–Crippen LogP) is 3.02. The molecule has 0 radical (unpaired) electrons. The van der Waals surface area contributed by atoms with Gasteiger partial charge in [0.2, 0.25) is 0 Å². The molecule has 1 fully saturated rings. The molecule has 108 valence electrons. The van der Waals surface area contributed by atoms with Gasteiger partial charge in [0.15, 0.2) is 0 Å². The number of thiazole rings is 1. The molecule has 0 atom stereocenters. The van der Waals surface area contributed by atoms with Crippen LogP contribution in [-0.4, -0.2) is 30.5 Å². The monoisotopic (exact) mass is 299 g/mol. The van der Waals surface area contributed by atoms with Crippen molar-refractivity contribution in [3.05, 3.63) is 40.8 Å². The number of aromatic nitrogens is 1. The van der Waals surface area contributed by atoms with Crippen LogP contribution in [0.3, 0.4) is 0 Å². The predicted molar refractivity (Wildman–Crippen MR) is 85.2 cm³/mol. The van der Waals surface area contributed by atoms with Gasteiger partial charge in [0.1, 0.15) is 5.69 Å². The SMILES string of the molecule is O=C(c1cscn1)N1CCN(CC2CC2)c2ccccc21. The zero-order valence-corrected chi connectivity index (χ0v) is 12.6. The molecule has 5 heteroatoms. The van der Waals surface area contributed by atoms with Crippen molar-refractivity contribution in [2.45, 2.75) is 12.8 Å². The number of amides is 1. The summed E-state index contributed by atoms with van der Waals surface area (Å²) in [5.41, 5.74) is 4.45. The van der Waals surface area contributed by atoms with Gasteiger partial charge in [0.25, 0.3) is 5.91 Å². The molecule has 1 amide bonds. The minimum absolute atomic E-state index is 0.00905. The van der Waals surface area contributed by atoms with Gasteiger partial charge >= 0.3 is 0 Å². The van der Waals surface area contributed by atoms with Crippen molar-refractivity contribution < 1.29 is 4.79 Å². The van der Waals surface area contributed by atoms with E-state index in [0.29, 0.717) is 5.69 Å². The first-order chi connectivity index (χ1) is 10.3. The maximum Gasteiger partial charge on any atom is 0.277 e. The highest BCUT2D eigenvalue weighted by molar-refractivity contribution is 7.07. The van der Waals surface area contributed by atoms with Gasteiger partial charge in [0.05, 0.1) is 16.9 Å². The van der Waals surface area contributed by atoms with Crippen molar-refractivity contribution in [3.63, 3.8) is 0 Å². The Hall–Kier alpha value is -1.88. The fourth-order valence-electron chi connectivity index (χ4n) is 2.89. The zero-order valence-electron chi connectivity index (χ0n) is 11.7. The molecule has 2 aliphatic rings. The van der Waals surface area contributed by atoms with Gasteiger partial charge in [-0.1, -0.05) is 12.1 Å². The first kappa shape index (κ1) is 12.8. The van der Waals surface area contributed by atoms with Crippen molar-refractivity contribution in [3.8, 4) is 0 Å². The van der Waals surface area contributed by atoms with Crippen molar-refractivity contribution in [1.29, 1.82) is 0 Å². The number of benzene rings is 1. The van der Waals surface area contributed by atoms with Crippen LogP contribution in [0, 0.1) is 5.92 Å². The first-order valence-corrected chi connectivity index (χ1v) is 8.31. The maximum absolute atomic E-state index is 12.6. The number of fused-ring (bicyclic) bond motifs is 1. The summed E-state index contributed by atoms with van der Waals surface area (Å²) in [6, 6.07) is 8.22. The minimum Gasteiger partial charge on any atom is -0.368 e. The third-order valence-corrected chi connectivity index (χ3v) is 4.77. The lowest BCUT2D eigenvalue weighted by Crippen LogP contribution is -2.44. The summed E-state index contributed by atoms with van der Waals surface area (Å²) in [4.78, 5) is 21.1. The minimum atomic E-state index is 0.00905. The van der Waals surface area contributed by atoms with E-state index in [2.05, 4.69) is 22.0 Å². The fourth-order valence-corrected chi connectivity index (χ4v) is 3.42. The second-order valence-corrected chi connectivity index (χ2v) is 6.43. The Balaban J connectivity index is 1.65. The van der Waals surface area contributed by atoms with Crippen molar-refractivity contribution in [1.82, 2.24) is 4.98 Å². The Kier molecular flexibility index (Phi) is 3.15. The number of carbonyl (C=O) groups is 1. The number of para-hydroxylation sites is 2. The first-order valence-electron chi connectivity index (χ1n) is 7.37. The van der Waals surface area contributed by atoms with Gasteiger partial charge in [-0.2, -0.15) is 0 Å². The number of rotatable bonds is 3. The van der Waals surface area contributed by atoms with Crippen LogP contribution in [-0.2, 0) is 0 Å². The topological polar surface area (TPSA) is 36.4 Å². The van der Waals surface area contributed by atoms with Crippen molar-refractivity contribution in [2.75, 3.05) is 29.4 Å². The van der Waals surface area contributed by atoms with Crippen molar-refractivity contribution in [2.24, 2.45) is 5.92 Å². The molecule has 21 heavy (non-hydrogen) atoms. The Morgan fingerprint density at radius 3 is 2.76 bits per heavy atom. The van der Waals surface area contributed by atoms with Gasteiger partial charge in [-0.25, -0.2) is 4.98 Å². The van der Waals surface area contributed by atoms with E-state index in [0.717, 1.165) is 31.2 Å². The Morgan fingerprint density at radius 2 is 2.05 bits per heavy atom. The molecule has 1 aromatic carbocycles. The van der Waals surface area contributed by atoms with E-state index in [-0.39, 0.29) is 5.91 Å². The number of nitrogens with zero attached hydrogens (tertiary/aromatic N) is 3. The lowest BCUT2D eigenvalue weighted by molar-refractivity contribution is 0.0982. The van der Waals surface area contributed by atoms with Crippen LogP contribution in [0.15, 0.2) is 35.2 Å². The highest BCUT2D eigenvalue weighted by atomic mass is 32.1. The molecule has 0 unspecified atom stereocenters. The summed E-state index contributed by atoms with van der Waals surface area (Å²) >= 11 is 1.46. The highest BCUT2D eigenvalue weighted by Crippen LogP contribution is 2.37. The molecule has 2 heterocycles. The molecule has 4 rings (SSSR count). The largest absolute Gasteiger partial charge is 0.368 e.